The number of carbonyl (C=O) groups excluding carboxylic acids is 1. The molecule has 6 nitrogen and oxygen atoms in total. The topological polar surface area (TPSA) is 64.3 Å². The standard InChI is InChI=1S/C24H22FN3O3S/c1-4-26(18-7-5-6-15(2)12-18)21(29)14-27-20-10-11-32-22(20)23(30)28(24(27)31)19-9-8-17(25)13-16(19)3/h5-13H,4,14H2,1-3H3. The van der Waals surface area contributed by atoms with Crippen molar-refractivity contribution in [2.45, 2.75) is 27.3 Å². The van der Waals surface area contributed by atoms with E-state index in [9.17, 15) is 18.8 Å². The van der Waals surface area contributed by atoms with E-state index in [0.717, 1.165) is 15.8 Å². The summed E-state index contributed by atoms with van der Waals surface area (Å²) in [6.07, 6.45) is 0. The van der Waals surface area contributed by atoms with Gasteiger partial charge >= 0.3 is 5.69 Å². The minimum Gasteiger partial charge on any atom is -0.311 e. The lowest BCUT2D eigenvalue weighted by Crippen LogP contribution is -2.42. The second-order valence-electron chi connectivity index (χ2n) is 7.55. The smallest absolute Gasteiger partial charge is 0.311 e. The molecule has 2 aromatic heterocycles. The van der Waals surface area contributed by atoms with E-state index in [1.807, 2.05) is 38.1 Å². The first-order valence-corrected chi connectivity index (χ1v) is 11.1. The van der Waals surface area contributed by atoms with Gasteiger partial charge in [0.2, 0.25) is 5.91 Å². The van der Waals surface area contributed by atoms with Crippen molar-refractivity contribution in [3.05, 3.63) is 91.7 Å². The molecular formula is C24H22FN3O3S. The molecule has 8 heteroatoms. The van der Waals surface area contributed by atoms with Gasteiger partial charge in [0.15, 0.2) is 0 Å². The van der Waals surface area contributed by atoms with Crippen LogP contribution in [0.1, 0.15) is 18.1 Å². The van der Waals surface area contributed by atoms with Crippen molar-refractivity contribution in [3.8, 4) is 5.69 Å². The van der Waals surface area contributed by atoms with Crippen LogP contribution in [0.3, 0.4) is 0 Å². The van der Waals surface area contributed by atoms with E-state index in [2.05, 4.69) is 0 Å². The number of aryl methyl sites for hydroxylation is 2. The normalized spacial score (nSPS) is 11.1. The zero-order valence-electron chi connectivity index (χ0n) is 18.0. The molecule has 4 aromatic rings. The molecule has 0 saturated carbocycles. The van der Waals surface area contributed by atoms with Crippen molar-refractivity contribution in [2.75, 3.05) is 11.4 Å². The van der Waals surface area contributed by atoms with Crippen LogP contribution in [0.2, 0.25) is 0 Å². The number of amides is 1. The molecule has 32 heavy (non-hydrogen) atoms. The lowest BCUT2D eigenvalue weighted by Gasteiger charge is -2.22. The van der Waals surface area contributed by atoms with Crippen LogP contribution in [0, 0.1) is 19.7 Å². The summed E-state index contributed by atoms with van der Waals surface area (Å²) in [5.74, 6) is -0.725. The van der Waals surface area contributed by atoms with Gasteiger partial charge in [0.05, 0.1) is 11.2 Å². The van der Waals surface area contributed by atoms with E-state index in [4.69, 9.17) is 0 Å². The first-order chi connectivity index (χ1) is 15.3. The number of rotatable bonds is 5. The number of carbonyl (C=O) groups is 1. The van der Waals surface area contributed by atoms with Crippen molar-refractivity contribution >= 4 is 33.1 Å². The second kappa shape index (κ2) is 8.55. The molecule has 0 aliphatic carbocycles. The summed E-state index contributed by atoms with van der Waals surface area (Å²) >= 11 is 1.20. The van der Waals surface area contributed by atoms with E-state index in [0.29, 0.717) is 28.0 Å². The van der Waals surface area contributed by atoms with Crippen LogP contribution >= 0.6 is 11.3 Å². The van der Waals surface area contributed by atoms with E-state index in [1.165, 1.54) is 34.1 Å². The van der Waals surface area contributed by atoms with Gasteiger partial charge in [0.25, 0.3) is 5.56 Å². The predicted molar refractivity (Wildman–Crippen MR) is 126 cm³/mol. The second-order valence-corrected chi connectivity index (χ2v) is 8.47. The molecule has 0 N–H and O–H groups in total. The first kappa shape index (κ1) is 21.7. The Morgan fingerprint density at radius 1 is 1.09 bits per heavy atom. The van der Waals surface area contributed by atoms with Crippen LogP contribution in [0.5, 0.6) is 0 Å². The largest absolute Gasteiger partial charge is 0.336 e. The van der Waals surface area contributed by atoms with Crippen molar-refractivity contribution in [1.29, 1.82) is 0 Å². The zero-order valence-corrected chi connectivity index (χ0v) is 18.8. The quantitative estimate of drug-likeness (QED) is 0.460. The average molecular weight is 452 g/mol. The Kier molecular flexibility index (Phi) is 5.80. The fourth-order valence-corrected chi connectivity index (χ4v) is 4.67. The Labute approximate surface area is 187 Å². The van der Waals surface area contributed by atoms with Crippen LogP contribution in [0.4, 0.5) is 10.1 Å². The highest BCUT2D eigenvalue weighted by molar-refractivity contribution is 7.17. The van der Waals surface area contributed by atoms with Crippen molar-refractivity contribution in [2.24, 2.45) is 0 Å². The molecule has 164 valence electrons. The molecule has 2 aromatic carbocycles. The summed E-state index contributed by atoms with van der Waals surface area (Å²) < 4.78 is 16.3. The number of aromatic nitrogens is 2. The maximum Gasteiger partial charge on any atom is 0.336 e. The number of likely N-dealkylation sites (N-methyl/N-ethyl adjacent to an activating group) is 1. The fourth-order valence-electron chi connectivity index (χ4n) is 3.84. The highest BCUT2D eigenvalue weighted by atomic mass is 32.1. The zero-order chi connectivity index (χ0) is 23.0. The molecule has 0 saturated heterocycles. The molecule has 1 amide bonds. The number of nitrogens with zero attached hydrogens (tertiary/aromatic N) is 3. The molecule has 0 fully saturated rings. The third kappa shape index (κ3) is 3.78. The van der Waals surface area contributed by atoms with Gasteiger partial charge in [-0.2, -0.15) is 0 Å². The van der Waals surface area contributed by atoms with Gasteiger partial charge in [-0.3, -0.25) is 14.2 Å². The summed E-state index contributed by atoms with van der Waals surface area (Å²) in [6.45, 7) is 5.65. The predicted octanol–water partition coefficient (Wildman–Crippen LogP) is 4.02. The van der Waals surface area contributed by atoms with E-state index >= 15 is 0 Å². The summed E-state index contributed by atoms with van der Waals surface area (Å²) in [7, 11) is 0. The minimum atomic E-state index is -0.635. The molecule has 0 atom stereocenters. The number of thiophene rings is 1. The number of hydrogen-bond donors (Lipinski definition) is 0. The summed E-state index contributed by atoms with van der Waals surface area (Å²) in [5.41, 5.74) is 1.81. The van der Waals surface area contributed by atoms with Crippen molar-refractivity contribution in [1.82, 2.24) is 9.13 Å². The van der Waals surface area contributed by atoms with Crippen LogP contribution in [0.15, 0.2) is 63.5 Å². The third-order valence-electron chi connectivity index (χ3n) is 5.38. The number of halogens is 1. The van der Waals surface area contributed by atoms with Crippen LogP contribution < -0.4 is 16.1 Å². The fraction of sp³-hybridized carbons (Fsp3) is 0.208. The lowest BCUT2D eigenvalue weighted by molar-refractivity contribution is -0.119. The number of fused-ring (bicyclic) bond motifs is 1. The highest BCUT2D eigenvalue weighted by Gasteiger charge is 2.21. The monoisotopic (exact) mass is 451 g/mol. The maximum atomic E-state index is 13.6. The first-order valence-electron chi connectivity index (χ1n) is 10.2. The molecule has 0 radical (unpaired) electrons. The van der Waals surface area contributed by atoms with Gasteiger partial charge in [-0.15, -0.1) is 11.3 Å². The van der Waals surface area contributed by atoms with Crippen LogP contribution in [-0.4, -0.2) is 21.6 Å². The molecule has 0 bridgehead atoms. The van der Waals surface area contributed by atoms with Gasteiger partial charge in [0, 0.05) is 12.2 Å². The highest BCUT2D eigenvalue weighted by Crippen LogP contribution is 2.20. The Hall–Kier alpha value is -3.52. The van der Waals surface area contributed by atoms with Gasteiger partial charge in [-0.1, -0.05) is 12.1 Å². The Morgan fingerprint density at radius 3 is 2.56 bits per heavy atom. The molecule has 0 unspecified atom stereocenters. The van der Waals surface area contributed by atoms with Crippen LogP contribution in [0.25, 0.3) is 15.9 Å². The lowest BCUT2D eigenvalue weighted by atomic mass is 10.2. The van der Waals surface area contributed by atoms with E-state index in [1.54, 1.807) is 23.3 Å². The SMILES string of the molecule is CCN(C(=O)Cn1c(=O)n(-c2ccc(F)cc2C)c(=O)c2sccc21)c1cccc(C)c1. The van der Waals surface area contributed by atoms with Gasteiger partial charge in [-0.25, -0.2) is 13.8 Å². The van der Waals surface area contributed by atoms with Gasteiger partial charge in [0.1, 0.15) is 17.1 Å². The summed E-state index contributed by atoms with van der Waals surface area (Å²) in [6, 6.07) is 13.1. The van der Waals surface area contributed by atoms with Crippen molar-refractivity contribution in [3.63, 3.8) is 0 Å². The molecule has 0 aliphatic heterocycles. The third-order valence-corrected chi connectivity index (χ3v) is 6.27. The maximum absolute atomic E-state index is 13.6. The number of benzene rings is 2. The van der Waals surface area contributed by atoms with Gasteiger partial charge < -0.3 is 4.90 Å². The Bertz CT molecular complexity index is 1450. The molecule has 4 rings (SSSR count). The Balaban J connectivity index is 1.86. The minimum absolute atomic E-state index is 0.228. The van der Waals surface area contributed by atoms with Crippen molar-refractivity contribution < 1.29 is 9.18 Å². The summed E-state index contributed by atoms with van der Waals surface area (Å²) in [5, 5.41) is 1.71. The number of anilines is 1. The average Bonchev–Trinajstić information content (AvgIpc) is 3.23. The van der Waals surface area contributed by atoms with E-state index in [-0.39, 0.29) is 12.5 Å². The molecule has 2 heterocycles. The summed E-state index contributed by atoms with van der Waals surface area (Å²) in [4.78, 5) is 41.4. The molecule has 0 aliphatic rings. The molecule has 0 spiro atoms. The van der Waals surface area contributed by atoms with E-state index < -0.39 is 17.1 Å². The van der Waals surface area contributed by atoms with Gasteiger partial charge in [-0.05, 0) is 73.7 Å². The van der Waals surface area contributed by atoms with Crippen LogP contribution in [-0.2, 0) is 11.3 Å². The molecular weight excluding hydrogens is 429 g/mol. The number of hydrogen-bond acceptors (Lipinski definition) is 4. The Morgan fingerprint density at radius 2 is 1.88 bits per heavy atom.